The van der Waals surface area contributed by atoms with E-state index in [1.165, 1.54) is 41.9 Å². The molecule has 4 aliphatic carbocycles. The first-order chi connectivity index (χ1) is 18.1. The average molecular weight is 514 g/mol. The molecule has 7 rings (SSSR count). The first-order valence-electron chi connectivity index (χ1n) is 14.4. The van der Waals surface area contributed by atoms with Crippen molar-refractivity contribution in [2.24, 2.45) is 41.4 Å². The minimum Gasteiger partial charge on any atom is -0.484 e. The van der Waals surface area contributed by atoms with E-state index in [1.807, 2.05) is 18.2 Å². The van der Waals surface area contributed by atoms with Crippen LogP contribution >= 0.6 is 0 Å². The number of ether oxygens (including phenoxy) is 1. The van der Waals surface area contributed by atoms with Crippen LogP contribution in [0.5, 0.6) is 5.75 Å². The summed E-state index contributed by atoms with van der Waals surface area (Å²) in [6.07, 6.45) is 8.01. The SMILES string of the molecule is CCC(C)(Oc1ccc([S+](c2ccccc2)c2ccccc2)cc1F)C1CC2CC1C1C3CCC(C3)C21. The molecule has 0 N–H and O–H groups in total. The van der Waals surface area contributed by atoms with Gasteiger partial charge in [-0.05, 0) is 117 Å². The van der Waals surface area contributed by atoms with E-state index in [2.05, 4.69) is 68.4 Å². The number of benzene rings is 3. The summed E-state index contributed by atoms with van der Waals surface area (Å²) in [6, 6.07) is 26.6. The van der Waals surface area contributed by atoms with Crippen LogP contribution in [0.3, 0.4) is 0 Å². The van der Waals surface area contributed by atoms with Gasteiger partial charge in [-0.15, -0.1) is 0 Å². The Morgan fingerprint density at radius 2 is 1.43 bits per heavy atom. The van der Waals surface area contributed by atoms with Crippen molar-refractivity contribution in [1.82, 2.24) is 0 Å². The molecule has 4 aliphatic rings. The lowest BCUT2D eigenvalue weighted by Gasteiger charge is -2.46. The van der Waals surface area contributed by atoms with E-state index >= 15 is 4.39 Å². The van der Waals surface area contributed by atoms with E-state index in [0.29, 0.717) is 11.7 Å². The first-order valence-corrected chi connectivity index (χ1v) is 15.6. The van der Waals surface area contributed by atoms with Crippen LogP contribution in [0.2, 0.25) is 0 Å². The van der Waals surface area contributed by atoms with Crippen molar-refractivity contribution < 1.29 is 9.13 Å². The summed E-state index contributed by atoms with van der Waals surface area (Å²) in [5.41, 5.74) is -0.310. The molecule has 0 heterocycles. The molecule has 3 heteroatoms. The molecule has 0 saturated heterocycles. The molecule has 0 radical (unpaired) electrons. The predicted octanol–water partition coefficient (Wildman–Crippen LogP) is 8.79. The Balaban J connectivity index is 1.16. The van der Waals surface area contributed by atoms with Crippen LogP contribution in [-0.2, 0) is 10.9 Å². The molecule has 0 aliphatic heterocycles. The maximum atomic E-state index is 15.8. The zero-order valence-corrected chi connectivity index (χ0v) is 22.8. The lowest BCUT2D eigenvalue weighted by Crippen LogP contribution is -2.47. The zero-order valence-electron chi connectivity index (χ0n) is 22.0. The highest BCUT2D eigenvalue weighted by Gasteiger charge is 2.64. The smallest absolute Gasteiger partial charge is 0.170 e. The Bertz CT molecular complexity index is 1220. The van der Waals surface area contributed by atoms with Crippen LogP contribution in [0, 0.1) is 47.2 Å². The molecule has 37 heavy (non-hydrogen) atoms. The van der Waals surface area contributed by atoms with Gasteiger partial charge in [-0.2, -0.15) is 0 Å². The van der Waals surface area contributed by atoms with Crippen molar-refractivity contribution in [3.05, 3.63) is 84.7 Å². The largest absolute Gasteiger partial charge is 0.484 e. The topological polar surface area (TPSA) is 9.23 Å². The molecule has 4 fully saturated rings. The van der Waals surface area contributed by atoms with Gasteiger partial charge in [-0.1, -0.05) is 43.3 Å². The Hall–Kier alpha value is -2.26. The summed E-state index contributed by atoms with van der Waals surface area (Å²) in [4.78, 5) is 3.38. The first kappa shape index (κ1) is 23.8. The quantitative estimate of drug-likeness (QED) is 0.227. The second-order valence-electron chi connectivity index (χ2n) is 12.3. The molecule has 1 nitrogen and oxygen atoms in total. The third-order valence-electron chi connectivity index (χ3n) is 10.7. The number of rotatable bonds is 7. The van der Waals surface area contributed by atoms with E-state index in [0.717, 1.165) is 46.8 Å². The van der Waals surface area contributed by atoms with Crippen LogP contribution in [0.1, 0.15) is 52.4 Å². The predicted molar refractivity (Wildman–Crippen MR) is 148 cm³/mol. The maximum absolute atomic E-state index is 15.8. The fourth-order valence-corrected chi connectivity index (χ4v) is 11.2. The number of halogens is 1. The average Bonchev–Trinajstić information content (AvgIpc) is 3.72. The van der Waals surface area contributed by atoms with Gasteiger partial charge in [0.05, 0.1) is 10.9 Å². The summed E-state index contributed by atoms with van der Waals surface area (Å²) in [6.45, 7) is 4.51. The van der Waals surface area contributed by atoms with Crippen molar-refractivity contribution in [1.29, 1.82) is 0 Å². The Morgan fingerprint density at radius 3 is 2.05 bits per heavy atom. The van der Waals surface area contributed by atoms with Gasteiger partial charge in [0.2, 0.25) is 0 Å². The van der Waals surface area contributed by atoms with E-state index < -0.39 is 0 Å². The summed E-state index contributed by atoms with van der Waals surface area (Å²) in [7, 11) is -0.361. The highest BCUT2D eigenvalue weighted by molar-refractivity contribution is 7.97. The molecule has 0 spiro atoms. The Morgan fingerprint density at radius 1 is 0.784 bits per heavy atom. The fraction of sp³-hybridized carbons (Fsp3) is 0.471. The molecular formula is C34H38FOS+. The lowest BCUT2D eigenvalue weighted by atomic mass is 9.63. The normalized spacial score (nSPS) is 33.0. The van der Waals surface area contributed by atoms with Gasteiger partial charge < -0.3 is 4.74 Å². The van der Waals surface area contributed by atoms with E-state index in [-0.39, 0.29) is 22.3 Å². The van der Waals surface area contributed by atoms with Crippen LogP contribution in [-0.4, -0.2) is 5.60 Å². The summed E-state index contributed by atoms with van der Waals surface area (Å²) in [5.74, 6) is 6.27. The standard InChI is InChI=1S/C34H38FOS/c1-3-34(2,29-20-24-19-28(29)33-23-15-14-22(18-23)32(24)33)36-31-17-16-27(21-30(31)35)37(25-10-6-4-7-11-25)26-12-8-5-9-13-26/h4-13,16-17,21-24,28-29,32-33H,3,14-15,18-20H2,1-2H3/q+1. The van der Waals surface area contributed by atoms with Crippen LogP contribution in [0.25, 0.3) is 0 Å². The summed E-state index contributed by atoms with van der Waals surface area (Å²) >= 11 is 0. The van der Waals surface area contributed by atoms with Crippen molar-refractivity contribution in [2.75, 3.05) is 0 Å². The van der Waals surface area contributed by atoms with Gasteiger partial charge in [-0.25, -0.2) is 4.39 Å². The van der Waals surface area contributed by atoms with Crippen molar-refractivity contribution >= 4 is 10.9 Å². The molecule has 8 atom stereocenters. The Kier molecular flexibility index (Phi) is 5.92. The van der Waals surface area contributed by atoms with E-state index in [4.69, 9.17) is 4.74 Å². The van der Waals surface area contributed by atoms with Gasteiger partial charge in [0, 0.05) is 12.0 Å². The minimum absolute atomic E-state index is 0.234. The van der Waals surface area contributed by atoms with Crippen molar-refractivity contribution in [3.8, 4) is 5.75 Å². The molecule has 0 amide bonds. The zero-order chi connectivity index (χ0) is 25.1. The highest BCUT2D eigenvalue weighted by atomic mass is 32.2. The van der Waals surface area contributed by atoms with Crippen molar-refractivity contribution in [3.63, 3.8) is 0 Å². The van der Waals surface area contributed by atoms with E-state index in [1.54, 1.807) is 6.07 Å². The lowest BCUT2D eigenvalue weighted by molar-refractivity contribution is -0.0383. The van der Waals surface area contributed by atoms with Gasteiger partial charge in [0.25, 0.3) is 0 Å². The molecular weight excluding hydrogens is 475 g/mol. The minimum atomic E-state index is -0.361. The Labute approximate surface area is 224 Å². The number of fused-ring (bicyclic) bond motifs is 9. The molecule has 192 valence electrons. The molecule has 3 aromatic rings. The summed E-state index contributed by atoms with van der Waals surface area (Å²) < 4.78 is 22.5. The second kappa shape index (κ2) is 9.19. The third-order valence-corrected chi connectivity index (χ3v) is 12.9. The molecule has 4 saturated carbocycles. The second-order valence-corrected chi connectivity index (χ2v) is 14.3. The highest BCUT2D eigenvalue weighted by Crippen LogP contribution is 2.70. The molecule has 3 aromatic carbocycles. The van der Waals surface area contributed by atoms with Gasteiger partial charge in [0.1, 0.15) is 5.60 Å². The fourth-order valence-electron chi connectivity index (χ4n) is 9.14. The van der Waals surface area contributed by atoms with Crippen LogP contribution in [0.4, 0.5) is 4.39 Å². The van der Waals surface area contributed by atoms with Crippen LogP contribution < -0.4 is 4.74 Å². The van der Waals surface area contributed by atoms with E-state index in [9.17, 15) is 0 Å². The summed E-state index contributed by atoms with van der Waals surface area (Å²) in [5, 5.41) is 0. The van der Waals surface area contributed by atoms with Gasteiger partial charge in [0.15, 0.2) is 26.3 Å². The molecule has 8 unspecified atom stereocenters. The van der Waals surface area contributed by atoms with Crippen molar-refractivity contribution in [2.45, 2.75) is 72.7 Å². The van der Waals surface area contributed by atoms with Crippen LogP contribution in [0.15, 0.2) is 93.5 Å². The number of hydrogen-bond donors (Lipinski definition) is 0. The van der Waals surface area contributed by atoms with Gasteiger partial charge >= 0.3 is 0 Å². The monoisotopic (exact) mass is 513 g/mol. The third kappa shape index (κ3) is 3.87. The molecule has 4 bridgehead atoms. The number of hydrogen-bond acceptors (Lipinski definition) is 1. The molecule has 0 aromatic heterocycles. The van der Waals surface area contributed by atoms with Gasteiger partial charge in [-0.3, -0.25) is 0 Å². The maximum Gasteiger partial charge on any atom is 0.170 e.